The Labute approximate surface area is 332 Å². The monoisotopic (exact) mass is 779 g/mol. The van der Waals surface area contributed by atoms with E-state index in [-0.39, 0.29) is 41.6 Å². The average molecular weight is 780 g/mol. The Bertz CT molecular complexity index is 2100. The molecular weight excluding hydrogens is 727 g/mol. The lowest BCUT2D eigenvalue weighted by molar-refractivity contribution is -0.135. The first-order valence-corrected chi connectivity index (χ1v) is 19.7. The van der Waals surface area contributed by atoms with Gasteiger partial charge in [-0.15, -0.1) is 0 Å². The van der Waals surface area contributed by atoms with Gasteiger partial charge in [-0.25, -0.2) is 14.6 Å². The van der Waals surface area contributed by atoms with E-state index in [1.54, 1.807) is 4.90 Å². The topological polar surface area (TPSA) is 184 Å². The van der Waals surface area contributed by atoms with E-state index in [1.165, 1.54) is 14.2 Å². The molecule has 3 aromatic carbocycles. The summed E-state index contributed by atoms with van der Waals surface area (Å²) in [6.07, 6.45) is 4.31. The van der Waals surface area contributed by atoms with Crippen LogP contribution in [0.2, 0.25) is 0 Å². The number of carbonyl (C=O) groups excluding carboxylic acids is 5. The van der Waals surface area contributed by atoms with E-state index in [1.807, 2.05) is 70.3 Å². The normalized spacial score (nSPS) is 18.9. The third-order valence-electron chi connectivity index (χ3n) is 11.1. The first-order chi connectivity index (χ1) is 27.4. The maximum Gasteiger partial charge on any atom is 0.407 e. The second kappa shape index (κ2) is 17.9. The van der Waals surface area contributed by atoms with E-state index in [2.05, 4.69) is 55.3 Å². The number of alkyl carbamates (subject to hydrolysis) is 2. The number of anilines is 1. The van der Waals surface area contributed by atoms with Crippen LogP contribution in [0, 0.1) is 17.8 Å². The number of nitrogens with one attached hydrogen (secondary N) is 5. The summed E-state index contributed by atoms with van der Waals surface area (Å²) in [5, 5.41) is 13.3. The Hall–Kier alpha value is -5.92. The fourth-order valence-electron chi connectivity index (χ4n) is 7.86. The molecule has 1 aromatic heterocycles. The molecule has 0 spiro atoms. The molecule has 2 fully saturated rings. The van der Waals surface area contributed by atoms with E-state index in [9.17, 15) is 24.0 Å². The summed E-state index contributed by atoms with van der Waals surface area (Å²) in [7, 11) is 2.54. The van der Waals surface area contributed by atoms with Crippen molar-refractivity contribution in [2.45, 2.75) is 84.0 Å². The summed E-state index contributed by atoms with van der Waals surface area (Å²) in [5.41, 5.74) is 4.47. The van der Waals surface area contributed by atoms with Crippen LogP contribution in [0.15, 0.2) is 66.9 Å². The fourth-order valence-corrected chi connectivity index (χ4v) is 7.86. The fraction of sp³-hybridized carbons (Fsp3) is 0.442. The lowest BCUT2D eigenvalue weighted by Crippen LogP contribution is -2.53. The van der Waals surface area contributed by atoms with Crippen LogP contribution in [-0.4, -0.2) is 83.7 Å². The van der Waals surface area contributed by atoms with Gasteiger partial charge in [-0.1, -0.05) is 76.6 Å². The Kier molecular flexibility index (Phi) is 12.8. The highest BCUT2D eigenvalue weighted by atomic mass is 16.5. The van der Waals surface area contributed by atoms with Crippen LogP contribution in [0.5, 0.6) is 0 Å². The third kappa shape index (κ3) is 9.38. The number of imidazole rings is 1. The van der Waals surface area contributed by atoms with Crippen molar-refractivity contribution in [2.75, 3.05) is 26.1 Å². The van der Waals surface area contributed by atoms with Crippen molar-refractivity contribution in [3.8, 4) is 22.4 Å². The Balaban J connectivity index is 1.09. The zero-order valence-corrected chi connectivity index (χ0v) is 33.4. The van der Waals surface area contributed by atoms with E-state index in [0.717, 1.165) is 52.4 Å². The minimum Gasteiger partial charge on any atom is -0.453 e. The zero-order valence-electron chi connectivity index (χ0n) is 33.4. The molecule has 2 heterocycles. The van der Waals surface area contributed by atoms with Gasteiger partial charge in [0.25, 0.3) is 0 Å². The molecule has 57 heavy (non-hydrogen) atoms. The number of aromatic nitrogens is 2. The predicted octanol–water partition coefficient (Wildman–Crippen LogP) is 6.55. The molecular formula is C43H53N7O7. The number of rotatable bonds is 12. The summed E-state index contributed by atoms with van der Waals surface area (Å²) >= 11 is 0. The van der Waals surface area contributed by atoms with Crippen molar-refractivity contribution in [1.29, 1.82) is 0 Å². The van der Waals surface area contributed by atoms with Crippen LogP contribution in [0.1, 0.15) is 71.7 Å². The van der Waals surface area contributed by atoms with Gasteiger partial charge in [-0.05, 0) is 77.6 Å². The molecule has 14 heteroatoms. The molecule has 2 aliphatic rings. The van der Waals surface area contributed by atoms with Crippen LogP contribution in [0.4, 0.5) is 15.3 Å². The van der Waals surface area contributed by atoms with E-state index < -0.39 is 30.2 Å². The minimum atomic E-state index is -0.772. The van der Waals surface area contributed by atoms with Crippen LogP contribution in [0.25, 0.3) is 33.2 Å². The molecule has 5 atom stereocenters. The number of methoxy groups -OCH3 is 2. The second-order valence-electron chi connectivity index (χ2n) is 15.6. The highest BCUT2D eigenvalue weighted by molar-refractivity contribution is 5.97. The van der Waals surface area contributed by atoms with Crippen LogP contribution in [0.3, 0.4) is 0 Å². The number of likely N-dealkylation sites (tertiary alicyclic amines) is 1. The Morgan fingerprint density at radius 3 is 2.07 bits per heavy atom. The quantitative estimate of drug-likeness (QED) is 0.107. The number of benzene rings is 3. The molecule has 1 saturated heterocycles. The molecule has 1 aliphatic heterocycles. The molecule has 14 nitrogen and oxygen atoms in total. The number of aromatic amines is 1. The average Bonchev–Trinajstić information content (AvgIpc) is 4.00. The SMILES string of the molecule is COC(=O)N[C@H](C(=O)N[C@H]1CCC[C@@H]1C(=O)Nc1ccc2cc(-c3ccc(-c4c[nH]c([C@@H]5CCCN5C(=O)[C@@H](NC(=O)OC)C(C)C)n4)cc3)ccc2c1)C(C)C. The maximum atomic E-state index is 13.5. The third-order valence-corrected chi connectivity index (χ3v) is 11.1. The largest absolute Gasteiger partial charge is 0.453 e. The summed E-state index contributed by atoms with van der Waals surface area (Å²) in [4.78, 5) is 73.8. The van der Waals surface area contributed by atoms with E-state index >= 15 is 0 Å². The Morgan fingerprint density at radius 1 is 0.754 bits per heavy atom. The van der Waals surface area contributed by atoms with Gasteiger partial charge in [0.15, 0.2) is 0 Å². The number of nitrogens with zero attached hydrogens (tertiary/aromatic N) is 2. The molecule has 1 saturated carbocycles. The van der Waals surface area contributed by atoms with Crippen LogP contribution >= 0.6 is 0 Å². The smallest absolute Gasteiger partial charge is 0.407 e. The number of carbonyl (C=O) groups is 5. The van der Waals surface area contributed by atoms with Gasteiger partial charge in [0.1, 0.15) is 17.9 Å². The van der Waals surface area contributed by atoms with Gasteiger partial charge in [-0.3, -0.25) is 14.4 Å². The number of hydrogen-bond donors (Lipinski definition) is 5. The van der Waals surface area contributed by atoms with Gasteiger partial charge < -0.3 is 40.6 Å². The number of fused-ring (bicyclic) bond motifs is 1. The number of amides is 5. The van der Waals surface area contributed by atoms with Gasteiger partial charge >= 0.3 is 12.2 Å². The first-order valence-electron chi connectivity index (χ1n) is 19.7. The van der Waals surface area contributed by atoms with Crippen LogP contribution in [-0.2, 0) is 23.9 Å². The Morgan fingerprint density at radius 2 is 1.39 bits per heavy atom. The van der Waals surface area contributed by atoms with Crippen LogP contribution < -0.4 is 21.3 Å². The van der Waals surface area contributed by atoms with Crippen molar-refractivity contribution in [3.63, 3.8) is 0 Å². The standard InChI is InChI=1S/C43H53N7O7/c1-24(2)36(48-42(54)56-5)40(52)47-33-10-7-9-32(33)39(51)45-31-19-18-29-21-28(16-17-30(29)22-31)26-12-14-27(15-13-26)34-23-44-38(46-34)35-11-8-20-50(35)41(53)37(25(3)4)49-43(55)57-6/h12-19,21-25,32-33,35-37H,7-11,20H2,1-6H3,(H,44,46)(H,45,51)(H,47,52)(H,48,54)(H,49,55)/t32-,33-,35-,36-,37-/m0/s1. The number of H-pyrrole nitrogens is 1. The molecule has 5 N–H and O–H groups in total. The van der Waals surface area contributed by atoms with Crippen molar-refractivity contribution >= 4 is 46.4 Å². The highest BCUT2D eigenvalue weighted by Crippen LogP contribution is 2.34. The highest BCUT2D eigenvalue weighted by Gasteiger charge is 2.38. The number of hydrogen-bond acceptors (Lipinski definition) is 8. The van der Waals surface area contributed by atoms with Crippen molar-refractivity contribution < 1.29 is 33.4 Å². The van der Waals surface area contributed by atoms with E-state index in [0.29, 0.717) is 30.9 Å². The number of ether oxygens (including phenoxy) is 2. The minimum absolute atomic E-state index is 0.112. The summed E-state index contributed by atoms with van der Waals surface area (Å²) < 4.78 is 9.43. The van der Waals surface area contributed by atoms with Crippen molar-refractivity contribution in [3.05, 3.63) is 72.7 Å². The maximum absolute atomic E-state index is 13.5. The zero-order chi connectivity index (χ0) is 40.8. The predicted molar refractivity (Wildman–Crippen MR) is 217 cm³/mol. The lowest BCUT2D eigenvalue weighted by Gasteiger charge is -2.29. The molecule has 5 amide bonds. The van der Waals surface area contributed by atoms with Crippen molar-refractivity contribution in [2.24, 2.45) is 17.8 Å². The molecule has 0 unspecified atom stereocenters. The summed E-state index contributed by atoms with van der Waals surface area (Å²) in [6.45, 7) is 8.05. The second-order valence-corrected chi connectivity index (χ2v) is 15.6. The van der Waals surface area contributed by atoms with E-state index in [4.69, 9.17) is 9.72 Å². The molecule has 1 aliphatic carbocycles. The lowest BCUT2D eigenvalue weighted by atomic mass is 9.98. The first kappa shape index (κ1) is 40.7. The van der Waals surface area contributed by atoms with Gasteiger partial charge in [0.05, 0.1) is 31.9 Å². The van der Waals surface area contributed by atoms with Gasteiger partial charge in [0, 0.05) is 30.0 Å². The summed E-state index contributed by atoms with van der Waals surface area (Å²) in [5.74, 6) is -0.588. The molecule has 0 radical (unpaired) electrons. The van der Waals surface area contributed by atoms with Crippen molar-refractivity contribution in [1.82, 2.24) is 30.8 Å². The van der Waals surface area contributed by atoms with Gasteiger partial charge in [-0.2, -0.15) is 0 Å². The molecule has 4 aromatic rings. The summed E-state index contributed by atoms with van der Waals surface area (Å²) in [6, 6.07) is 18.2. The molecule has 302 valence electrons. The van der Waals surface area contributed by atoms with Gasteiger partial charge in [0.2, 0.25) is 17.7 Å². The molecule has 6 rings (SSSR count). The molecule has 0 bridgehead atoms.